The number of amides is 1. The Morgan fingerprint density at radius 3 is 2.61 bits per heavy atom. The molecule has 0 spiro atoms. The number of carbonyl (C=O) groups is 1. The van der Waals surface area contributed by atoms with Crippen molar-refractivity contribution in [3.8, 4) is 0 Å². The standard InChI is InChI=1S/C15H30N2O/c1-4-6-8-9-10-13(3)17-12-16-14(15(17)18)11-7-5-2/h13-14,16H,4-12H2,1-3H3. The number of hydrogen-bond acceptors (Lipinski definition) is 2. The van der Waals surface area contributed by atoms with Crippen LogP contribution in [0.3, 0.4) is 0 Å². The highest BCUT2D eigenvalue weighted by Gasteiger charge is 2.32. The topological polar surface area (TPSA) is 32.3 Å². The van der Waals surface area contributed by atoms with Crippen LogP contribution in [-0.4, -0.2) is 29.6 Å². The molecule has 1 fully saturated rings. The van der Waals surface area contributed by atoms with Gasteiger partial charge in [-0.15, -0.1) is 0 Å². The third-order valence-electron chi connectivity index (χ3n) is 3.94. The summed E-state index contributed by atoms with van der Waals surface area (Å²) in [7, 11) is 0. The fourth-order valence-corrected chi connectivity index (χ4v) is 2.60. The van der Waals surface area contributed by atoms with Crippen molar-refractivity contribution in [2.45, 2.75) is 84.2 Å². The molecule has 3 nitrogen and oxygen atoms in total. The molecule has 0 aromatic carbocycles. The molecule has 0 aromatic heterocycles. The molecule has 0 aliphatic carbocycles. The van der Waals surface area contributed by atoms with Crippen LogP contribution in [0.4, 0.5) is 0 Å². The van der Waals surface area contributed by atoms with Crippen LogP contribution in [0.1, 0.15) is 72.1 Å². The summed E-state index contributed by atoms with van der Waals surface area (Å²) in [5.74, 6) is 0.325. The monoisotopic (exact) mass is 254 g/mol. The van der Waals surface area contributed by atoms with E-state index in [1.165, 1.54) is 25.7 Å². The van der Waals surface area contributed by atoms with Gasteiger partial charge in [-0.25, -0.2) is 0 Å². The van der Waals surface area contributed by atoms with E-state index in [9.17, 15) is 4.79 Å². The van der Waals surface area contributed by atoms with Crippen molar-refractivity contribution in [2.24, 2.45) is 0 Å². The normalized spacial score (nSPS) is 21.6. The zero-order valence-corrected chi connectivity index (χ0v) is 12.4. The summed E-state index contributed by atoms with van der Waals surface area (Å²) in [4.78, 5) is 14.2. The Morgan fingerprint density at radius 1 is 1.22 bits per heavy atom. The Hall–Kier alpha value is -0.570. The fraction of sp³-hybridized carbons (Fsp3) is 0.933. The van der Waals surface area contributed by atoms with Gasteiger partial charge in [0.15, 0.2) is 0 Å². The molecule has 1 aliphatic rings. The van der Waals surface area contributed by atoms with Gasteiger partial charge in [0, 0.05) is 6.04 Å². The lowest BCUT2D eigenvalue weighted by atomic mass is 10.1. The zero-order chi connectivity index (χ0) is 13.4. The molecular formula is C15H30N2O. The minimum Gasteiger partial charge on any atom is -0.326 e. The summed E-state index contributed by atoms with van der Waals surface area (Å²) in [5, 5.41) is 3.35. The van der Waals surface area contributed by atoms with Gasteiger partial charge in [0.25, 0.3) is 0 Å². The average Bonchev–Trinajstić information content (AvgIpc) is 2.73. The van der Waals surface area contributed by atoms with Crippen LogP contribution in [0, 0.1) is 0 Å². The summed E-state index contributed by atoms with van der Waals surface area (Å²) >= 11 is 0. The highest BCUT2D eigenvalue weighted by atomic mass is 16.2. The molecule has 0 aromatic rings. The van der Waals surface area contributed by atoms with E-state index in [0.29, 0.717) is 11.9 Å². The van der Waals surface area contributed by atoms with Crippen molar-refractivity contribution < 1.29 is 4.79 Å². The van der Waals surface area contributed by atoms with E-state index >= 15 is 0 Å². The Labute approximate surface area is 112 Å². The fourth-order valence-electron chi connectivity index (χ4n) is 2.60. The molecule has 0 saturated carbocycles. The largest absolute Gasteiger partial charge is 0.326 e. The molecule has 2 unspecified atom stereocenters. The van der Waals surface area contributed by atoms with Crippen molar-refractivity contribution in [1.29, 1.82) is 0 Å². The zero-order valence-electron chi connectivity index (χ0n) is 12.4. The van der Waals surface area contributed by atoms with Crippen LogP contribution >= 0.6 is 0 Å². The average molecular weight is 254 g/mol. The van der Waals surface area contributed by atoms with Crippen LogP contribution in [0.25, 0.3) is 0 Å². The maximum Gasteiger partial charge on any atom is 0.241 e. The number of carbonyl (C=O) groups excluding carboxylic acids is 1. The van der Waals surface area contributed by atoms with E-state index in [0.717, 1.165) is 32.4 Å². The van der Waals surface area contributed by atoms with Crippen LogP contribution in [-0.2, 0) is 4.79 Å². The summed E-state index contributed by atoms with van der Waals surface area (Å²) in [6.07, 6.45) is 9.59. The van der Waals surface area contributed by atoms with E-state index in [2.05, 4.69) is 26.1 Å². The maximum atomic E-state index is 12.2. The molecule has 3 heteroatoms. The van der Waals surface area contributed by atoms with E-state index in [1.807, 2.05) is 4.90 Å². The minimum atomic E-state index is 0.0861. The van der Waals surface area contributed by atoms with Crippen molar-refractivity contribution >= 4 is 5.91 Å². The first kappa shape index (κ1) is 15.5. The molecule has 106 valence electrons. The Morgan fingerprint density at radius 2 is 1.94 bits per heavy atom. The predicted molar refractivity (Wildman–Crippen MR) is 76.4 cm³/mol. The highest BCUT2D eigenvalue weighted by molar-refractivity contribution is 5.83. The number of nitrogens with zero attached hydrogens (tertiary/aromatic N) is 1. The summed E-state index contributed by atoms with van der Waals surface area (Å²) < 4.78 is 0. The molecular weight excluding hydrogens is 224 g/mol. The van der Waals surface area contributed by atoms with Gasteiger partial charge >= 0.3 is 0 Å². The lowest BCUT2D eigenvalue weighted by molar-refractivity contribution is -0.130. The van der Waals surface area contributed by atoms with Crippen molar-refractivity contribution in [3.63, 3.8) is 0 Å². The summed E-state index contributed by atoms with van der Waals surface area (Å²) in [6.45, 7) is 7.35. The van der Waals surface area contributed by atoms with Crippen LogP contribution < -0.4 is 5.32 Å². The number of nitrogens with one attached hydrogen (secondary N) is 1. The Kier molecular flexibility index (Phi) is 7.33. The SMILES string of the molecule is CCCCCCC(C)N1CNC(CCCC)C1=O. The highest BCUT2D eigenvalue weighted by Crippen LogP contribution is 2.17. The third-order valence-corrected chi connectivity index (χ3v) is 3.94. The first-order valence-corrected chi connectivity index (χ1v) is 7.74. The molecule has 1 amide bonds. The molecule has 1 rings (SSSR count). The first-order chi connectivity index (χ1) is 8.70. The molecule has 1 aliphatic heterocycles. The molecule has 2 atom stereocenters. The van der Waals surface area contributed by atoms with Gasteiger partial charge in [-0.05, 0) is 19.8 Å². The first-order valence-electron chi connectivity index (χ1n) is 7.74. The third kappa shape index (κ3) is 4.60. The molecule has 1 heterocycles. The maximum absolute atomic E-state index is 12.2. The van der Waals surface area contributed by atoms with E-state index < -0.39 is 0 Å². The second kappa shape index (κ2) is 8.52. The van der Waals surface area contributed by atoms with Crippen LogP contribution in [0.5, 0.6) is 0 Å². The Balaban J connectivity index is 2.27. The van der Waals surface area contributed by atoms with Gasteiger partial charge in [-0.3, -0.25) is 10.1 Å². The van der Waals surface area contributed by atoms with Crippen molar-refractivity contribution in [1.82, 2.24) is 10.2 Å². The van der Waals surface area contributed by atoms with Crippen molar-refractivity contribution in [3.05, 3.63) is 0 Å². The number of unbranched alkanes of at least 4 members (excludes halogenated alkanes) is 4. The van der Waals surface area contributed by atoms with Crippen LogP contribution in [0.15, 0.2) is 0 Å². The predicted octanol–water partition coefficient (Wildman–Crippen LogP) is 3.29. The molecule has 0 bridgehead atoms. The second-order valence-corrected chi connectivity index (χ2v) is 5.56. The van der Waals surface area contributed by atoms with Gasteiger partial charge in [-0.1, -0.05) is 52.4 Å². The molecule has 1 saturated heterocycles. The summed E-state index contributed by atoms with van der Waals surface area (Å²) in [5.41, 5.74) is 0. The molecule has 18 heavy (non-hydrogen) atoms. The number of rotatable bonds is 9. The van der Waals surface area contributed by atoms with Gasteiger partial charge in [0.05, 0.1) is 12.7 Å². The number of hydrogen-bond donors (Lipinski definition) is 1. The van der Waals surface area contributed by atoms with Gasteiger partial charge < -0.3 is 4.90 Å². The van der Waals surface area contributed by atoms with E-state index in [4.69, 9.17) is 0 Å². The van der Waals surface area contributed by atoms with E-state index in [-0.39, 0.29) is 6.04 Å². The quantitative estimate of drug-likeness (QED) is 0.640. The second-order valence-electron chi connectivity index (χ2n) is 5.56. The minimum absolute atomic E-state index is 0.0861. The molecule has 1 N–H and O–H groups in total. The van der Waals surface area contributed by atoms with Gasteiger partial charge in [-0.2, -0.15) is 0 Å². The molecule has 0 radical (unpaired) electrons. The van der Waals surface area contributed by atoms with Crippen molar-refractivity contribution in [2.75, 3.05) is 6.67 Å². The lowest BCUT2D eigenvalue weighted by Crippen LogP contribution is -2.36. The van der Waals surface area contributed by atoms with E-state index in [1.54, 1.807) is 0 Å². The lowest BCUT2D eigenvalue weighted by Gasteiger charge is -2.23. The smallest absolute Gasteiger partial charge is 0.241 e. The Bertz CT molecular complexity index is 243. The van der Waals surface area contributed by atoms with Gasteiger partial charge in [0.2, 0.25) is 5.91 Å². The summed E-state index contributed by atoms with van der Waals surface area (Å²) in [6, 6.07) is 0.483. The van der Waals surface area contributed by atoms with Gasteiger partial charge in [0.1, 0.15) is 0 Å². The van der Waals surface area contributed by atoms with Crippen LogP contribution in [0.2, 0.25) is 0 Å².